The molecule has 1 N–H and O–H groups in total. The molecule has 0 aliphatic carbocycles. The Morgan fingerprint density at radius 2 is 1.87 bits per heavy atom. The first-order chi connectivity index (χ1) is 18.3. The molecule has 0 amide bonds. The van der Waals surface area contributed by atoms with E-state index < -0.39 is 5.97 Å². The van der Waals surface area contributed by atoms with Crippen LogP contribution in [0.25, 0.3) is 33.6 Å². The molecule has 0 aliphatic rings. The topological polar surface area (TPSA) is 99.2 Å². The molecule has 0 saturated carbocycles. The molecule has 8 heteroatoms. The van der Waals surface area contributed by atoms with Crippen molar-refractivity contribution in [3.05, 3.63) is 99.6 Å². The summed E-state index contributed by atoms with van der Waals surface area (Å²) in [6.45, 7) is 5.68. The van der Waals surface area contributed by atoms with E-state index in [1.807, 2.05) is 63.5 Å². The summed E-state index contributed by atoms with van der Waals surface area (Å²) in [5.74, 6) is 0.0427. The third kappa shape index (κ3) is 4.56. The summed E-state index contributed by atoms with van der Waals surface area (Å²) in [7, 11) is 3.21. The molecule has 0 unspecified atom stereocenters. The first-order valence-corrected chi connectivity index (χ1v) is 12.2. The van der Waals surface area contributed by atoms with E-state index in [0.29, 0.717) is 39.1 Å². The van der Waals surface area contributed by atoms with Crippen molar-refractivity contribution in [2.75, 3.05) is 12.4 Å². The highest BCUT2D eigenvalue weighted by molar-refractivity contribution is 5.95. The van der Waals surface area contributed by atoms with Gasteiger partial charge in [0, 0.05) is 47.4 Å². The van der Waals surface area contributed by atoms with Gasteiger partial charge < -0.3 is 14.5 Å². The summed E-state index contributed by atoms with van der Waals surface area (Å²) in [6, 6.07) is 14.5. The Morgan fingerprint density at radius 1 is 1.08 bits per heavy atom. The van der Waals surface area contributed by atoms with Gasteiger partial charge in [-0.2, -0.15) is 5.10 Å². The average Bonchev–Trinajstić information content (AvgIpc) is 3.36. The van der Waals surface area contributed by atoms with Crippen LogP contribution in [-0.4, -0.2) is 27.8 Å². The van der Waals surface area contributed by atoms with Crippen LogP contribution in [0.1, 0.15) is 40.0 Å². The van der Waals surface area contributed by atoms with Crippen LogP contribution in [0.4, 0.5) is 5.69 Å². The van der Waals surface area contributed by atoms with Gasteiger partial charge >= 0.3 is 5.97 Å². The molecule has 0 bridgehead atoms. The number of ether oxygens (including phenoxy) is 1. The minimum absolute atomic E-state index is 0.0929. The summed E-state index contributed by atoms with van der Waals surface area (Å²) in [6.07, 6.45) is 5.36. The highest BCUT2D eigenvalue weighted by Gasteiger charge is 2.21. The van der Waals surface area contributed by atoms with Crippen LogP contribution >= 0.6 is 0 Å². The third-order valence-corrected chi connectivity index (χ3v) is 6.59. The van der Waals surface area contributed by atoms with Crippen molar-refractivity contribution in [2.45, 2.75) is 26.8 Å². The van der Waals surface area contributed by atoms with Gasteiger partial charge in [-0.15, -0.1) is 0 Å². The number of para-hydroxylation sites is 1. The molecule has 0 spiro atoms. The molecule has 38 heavy (non-hydrogen) atoms. The van der Waals surface area contributed by atoms with Gasteiger partial charge in [0.2, 0.25) is 0 Å². The van der Waals surface area contributed by atoms with Gasteiger partial charge in [0.05, 0.1) is 36.0 Å². The fourth-order valence-electron chi connectivity index (χ4n) is 4.62. The van der Waals surface area contributed by atoms with Crippen LogP contribution in [0, 0.1) is 13.8 Å². The first kappa shape index (κ1) is 25.0. The molecule has 0 aliphatic heterocycles. The molecule has 3 heterocycles. The van der Waals surface area contributed by atoms with Crippen molar-refractivity contribution in [3.8, 4) is 22.6 Å². The Hall–Kier alpha value is -4.72. The molecule has 2 aromatic carbocycles. The SMILES string of the molecule is COC(=O)c1ccccc1N[C@H](C)c1cc(C)cc2c(=O)c(C)c(-c3ccc(-c4cnn(C)c4)nc3)oc12. The fourth-order valence-corrected chi connectivity index (χ4v) is 4.62. The maximum Gasteiger partial charge on any atom is 0.339 e. The average molecular weight is 509 g/mol. The smallest absolute Gasteiger partial charge is 0.339 e. The molecule has 3 aromatic heterocycles. The van der Waals surface area contributed by atoms with Crippen LogP contribution < -0.4 is 10.7 Å². The highest BCUT2D eigenvalue weighted by Crippen LogP contribution is 2.33. The Kier molecular flexibility index (Phi) is 6.55. The van der Waals surface area contributed by atoms with Crippen LogP contribution in [0.5, 0.6) is 0 Å². The Labute approximate surface area is 219 Å². The zero-order valence-corrected chi connectivity index (χ0v) is 21.9. The second kappa shape index (κ2) is 9.97. The van der Waals surface area contributed by atoms with Crippen molar-refractivity contribution < 1.29 is 13.9 Å². The van der Waals surface area contributed by atoms with E-state index in [1.54, 1.807) is 36.1 Å². The lowest BCUT2D eigenvalue weighted by Gasteiger charge is -2.20. The van der Waals surface area contributed by atoms with Gasteiger partial charge in [0.15, 0.2) is 5.43 Å². The number of rotatable bonds is 6. The van der Waals surface area contributed by atoms with Crippen molar-refractivity contribution >= 4 is 22.6 Å². The summed E-state index contributed by atoms with van der Waals surface area (Å²) < 4.78 is 13.1. The Balaban J connectivity index is 1.59. The minimum atomic E-state index is -0.430. The third-order valence-electron chi connectivity index (χ3n) is 6.59. The van der Waals surface area contributed by atoms with E-state index in [0.717, 1.165) is 22.4 Å². The first-order valence-electron chi connectivity index (χ1n) is 12.2. The second-order valence-electron chi connectivity index (χ2n) is 9.35. The number of aromatic nitrogens is 3. The molecule has 192 valence electrons. The van der Waals surface area contributed by atoms with Gasteiger partial charge in [-0.25, -0.2) is 4.79 Å². The quantitative estimate of drug-likeness (QED) is 0.288. The number of nitrogens with one attached hydrogen (secondary N) is 1. The molecule has 0 radical (unpaired) electrons. The van der Waals surface area contributed by atoms with Crippen LogP contribution in [0.15, 0.2) is 76.3 Å². The maximum absolute atomic E-state index is 13.5. The number of aryl methyl sites for hydroxylation is 2. The van der Waals surface area contributed by atoms with Gasteiger partial charge in [-0.3, -0.25) is 14.5 Å². The van der Waals surface area contributed by atoms with Gasteiger partial charge in [-0.05, 0) is 56.7 Å². The molecule has 5 rings (SSSR count). The number of anilines is 1. The molecular weight excluding hydrogens is 480 g/mol. The Bertz CT molecular complexity index is 1720. The lowest BCUT2D eigenvalue weighted by molar-refractivity contribution is 0.0602. The van der Waals surface area contributed by atoms with E-state index in [2.05, 4.69) is 15.4 Å². The number of hydrogen-bond acceptors (Lipinski definition) is 7. The monoisotopic (exact) mass is 508 g/mol. The van der Waals surface area contributed by atoms with Gasteiger partial charge in [0.25, 0.3) is 0 Å². The molecule has 1 atom stereocenters. The molecular formula is C30H28N4O4. The predicted octanol–water partition coefficient (Wildman–Crippen LogP) is 5.83. The van der Waals surface area contributed by atoms with Gasteiger partial charge in [-0.1, -0.05) is 18.2 Å². The van der Waals surface area contributed by atoms with Crippen molar-refractivity contribution in [1.82, 2.24) is 14.8 Å². The summed E-state index contributed by atoms with van der Waals surface area (Å²) in [4.78, 5) is 30.4. The fraction of sp³-hybridized carbons (Fsp3) is 0.200. The zero-order chi connectivity index (χ0) is 27.0. The number of benzene rings is 2. The predicted molar refractivity (Wildman–Crippen MR) is 147 cm³/mol. The van der Waals surface area contributed by atoms with E-state index in [9.17, 15) is 9.59 Å². The summed E-state index contributed by atoms with van der Waals surface area (Å²) in [5.41, 5.74) is 6.10. The standard InChI is InChI=1S/C30H28N4O4/c1-17-12-23(19(3)33-26-9-7-6-8-22(26)30(36)37-5)29-24(13-17)27(35)18(2)28(38-29)20-10-11-25(31-14-20)21-15-32-34(4)16-21/h6-16,19,33H,1-5H3/t19-/m1/s1. The van der Waals surface area contributed by atoms with Gasteiger partial charge in [0.1, 0.15) is 11.3 Å². The minimum Gasteiger partial charge on any atom is -0.465 e. The number of esters is 1. The van der Waals surface area contributed by atoms with Crippen LogP contribution in [-0.2, 0) is 11.8 Å². The second-order valence-corrected chi connectivity index (χ2v) is 9.35. The van der Waals surface area contributed by atoms with E-state index in [4.69, 9.17) is 9.15 Å². The van der Waals surface area contributed by atoms with Crippen LogP contribution in [0.3, 0.4) is 0 Å². The van der Waals surface area contributed by atoms with E-state index >= 15 is 0 Å². The summed E-state index contributed by atoms with van der Waals surface area (Å²) >= 11 is 0. The molecule has 0 fully saturated rings. The number of nitrogens with zero attached hydrogens (tertiary/aromatic N) is 3. The van der Waals surface area contributed by atoms with Crippen molar-refractivity contribution in [3.63, 3.8) is 0 Å². The number of carbonyl (C=O) groups is 1. The molecule has 8 nitrogen and oxygen atoms in total. The number of hydrogen-bond donors (Lipinski definition) is 1. The number of carbonyl (C=O) groups excluding carboxylic acids is 1. The normalized spacial score (nSPS) is 11.9. The lowest BCUT2D eigenvalue weighted by Crippen LogP contribution is -2.14. The van der Waals surface area contributed by atoms with Crippen LogP contribution in [0.2, 0.25) is 0 Å². The van der Waals surface area contributed by atoms with E-state index in [1.165, 1.54) is 7.11 Å². The zero-order valence-electron chi connectivity index (χ0n) is 21.9. The maximum atomic E-state index is 13.5. The summed E-state index contributed by atoms with van der Waals surface area (Å²) in [5, 5.41) is 8.11. The lowest BCUT2D eigenvalue weighted by atomic mass is 9.98. The van der Waals surface area contributed by atoms with Crippen molar-refractivity contribution in [1.29, 1.82) is 0 Å². The molecule has 5 aromatic rings. The number of methoxy groups -OCH3 is 1. The largest absolute Gasteiger partial charge is 0.465 e. The van der Waals surface area contributed by atoms with E-state index in [-0.39, 0.29) is 11.5 Å². The number of fused-ring (bicyclic) bond motifs is 1. The number of pyridine rings is 1. The van der Waals surface area contributed by atoms with Crippen molar-refractivity contribution in [2.24, 2.45) is 7.05 Å². The highest BCUT2D eigenvalue weighted by atomic mass is 16.5. The molecule has 0 saturated heterocycles. The Morgan fingerprint density at radius 3 is 2.55 bits per heavy atom.